The molecule has 0 atom stereocenters. The van der Waals surface area contributed by atoms with E-state index in [4.69, 9.17) is 58.6 Å². The van der Waals surface area contributed by atoms with Crippen molar-refractivity contribution in [1.82, 2.24) is 15.0 Å². The molecule has 0 saturated heterocycles. The highest BCUT2D eigenvalue weighted by Crippen LogP contribution is 2.38. The van der Waals surface area contributed by atoms with Crippen LogP contribution >= 0.6 is 0 Å². The summed E-state index contributed by atoms with van der Waals surface area (Å²) in [6, 6.07) is 39.9. The first-order valence-electron chi connectivity index (χ1n) is 15.3. The van der Waals surface area contributed by atoms with E-state index in [-0.39, 0.29) is 27.3 Å². The van der Waals surface area contributed by atoms with E-state index < -0.39 is 0 Å². The molecule has 48 heavy (non-hydrogen) atoms. The van der Waals surface area contributed by atoms with E-state index in [0.29, 0.717) is 39.8 Å². The summed E-state index contributed by atoms with van der Waals surface area (Å²) >= 11 is 0. The molecular weight excluding hydrogens is 581 g/mol. The lowest BCUT2D eigenvalue weighted by molar-refractivity contribution is 0.669. The average molecular weight is 601 g/mol. The van der Waals surface area contributed by atoms with Crippen molar-refractivity contribution in [3.63, 3.8) is 0 Å². The van der Waals surface area contributed by atoms with Crippen LogP contribution < -0.4 is 27.3 Å². The van der Waals surface area contributed by atoms with Crippen molar-refractivity contribution in [2.24, 2.45) is 0 Å². The number of hydrogen-bond donors (Lipinski definition) is 0. The molecular formula is C39H20B5N3O. The fourth-order valence-corrected chi connectivity index (χ4v) is 6.11. The number of aromatic nitrogens is 3. The molecule has 4 nitrogen and oxygen atoms in total. The Morgan fingerprint density at radius 3 is 1.54 bits per heavy atom. The Morgan fingerprint density at radius 2 is 0.896 bits per heavy atom. The van der Waals surface area contributed by atoms with Gasteiger partial charge >= 0.3 is 0 Å². The molecule has 2 heterocycles. The molecule has 2 aromatic heterocycles. The van der Waals surface area contributed by atoms with Crippen LogP contribution in [0.15, 0.2) is 126 Å². The SMILES string of the molecule is [B]c1c([B])c([B])c(-c2ccc3oc4cccc(-c5nc(-c6ccccc6)nc(-c6ccc(-c7ccccc7)cc6)n5)c4c3c2)c([B])c1[B]. The minimum atomic E-state index is 0.167. The second-order valence-corrected chi connectivity index (χ2v) is 11.6. The van der Waals surface area contributed by atoms with Crippen LogP contribution in [0.25, 0.3) is 78.4 Å². The maximum absolute atomic E-state index is 6.43. The summed E-state index contributed by atoms with van der Waals surface area (Å²) in [5, 5.41) is 1.65. The summed E-state index contributed by atoms with van der Waals surface area (Å²) in [6.45, 7) is 0. The van der Waals surface area contributed by atoms with Crippen molar-refractivity contribution in [3.8, 4) is 56.4 Å². The smallest absolute Gasteiger partial charge is 0.164 e. The Morgan fingerprint density at radius 1 is 0.396 bits per heavy atom. The zero-order valence-corrected chi connectivity index (χ0v) is 25.7. The van der Waals surface area contributed by atoms with Gasteiger partial charge in [-0.1, -0.05) is 114 Å². The van der Waals surface area contributed by atoms with Crippen LogP contribution in [0.4, 0.5) is 0 Å². The van der Waals surface area contributed by atoms with Gasteiger partial charge in [0.05, 0.1) is 0 Å². The lowest BCUT2D eigenvalue weighted by Gasteiger charge is -2.21. The third kappa shape index (κ3) is 5.07. The first-order chi connectivity index (χ1) is 23.4. The van der Waals surface area contributed by atoms with Crippen LogP contribution in [0.3, 0.4) is 0 Å². The number of rotatable bonds is 5. The number of benzene rings is 6. The van der Waals surface area contributed by atoms with Gasteiger partial charge in [-0.25, -0.2) is 15.0 Å². The molecule has 0 spiro atoms. The third-order valence-corrected chi connectivity index (χ3v) is 8.64. The monoisotopic (exact) mass is 601 g/mol. The minimum Gasteiger partial charge on any atom is -0.456 e. The lowest BCUT2D eigenvalue weighted by Crippen LogP contribution is -2.55. The summed E-state index contributed by atoms with van der Waals surface area (Å²) in [4.78, 5) is 14.9. The van der Waals surface area contributed by atoms with E-state index in [2.05, 4.69) is 24.3 Å². The molecule has 9 heteroatoms. The Hall–Kier alpha value is -5.55. The highest BCUT2D eigenvalue weighted by molar-refractivity contribution is 6.68. The van der Waals surface area contributed by atoms with E-state index >= 15 is 0 Å². The van der Waals surface area contributed by atoms with Crippen LogP contribution in [0, 0.1) is 0 Å². The van der Waals surface area contributed by atoms with Gasteiger partial charge in [0.1, 0.15) is 50.4 Å². The Bertz CT molecular complexity index is 2470. The molecule has 0 aliphatic rings. The molecule has 6 aromatic carbocycles. The number of fused-ring (bicyclic) bond motifs is 3. The van der Waals surface area contributed by atoms with Crippen LogP contribution in [-0.4, -0.2) is 54.2 Å². The average Bonchev–Trinajstić information content (AvgIpc) is 3.52. The maximum Gasteiger partial charge on any atom is 0.164 e. The highest BCUT2D eigenvalue weighted by Gasteiger charge is 2.19. The first-order valence-corrected chi connectivity index (χ1v) is 15.3. The molecule has 0 bridgehead atoms. The normalized spacial score (nSPS) is 11.3. The molecule has 8 aromatic rings. The highest BCUT2D eigenvalue weighted by atomic mass is 16.3. The van der Waals surface area contributed by atoms with Gasteiger partial charge in [-0.05, 0) is 40.5 Å². The molecule has 0 unspecified atom stereocenters. The number of nitrogens with zero attached hydrogens (tertiary/aromatic N) is 3. The van der Waals surface area contributed by atoms with Crippen LogP contribution in [-0.2, 0) is 0 Å². The van der Waals surface area contributed by atoms with Crippen LogP contribution in [0.1, 0.15) is 0 Å². The van der Waals surface area contributed by atoms with Gasteiger partial charge < -0.3 is 4.42 Å². The van der Waals surface area contributed by atoms with Crippen molar-refractivity contribution in [2.45, 2.75) is 0 Å². The number of hydrogen-bond acceptors (Lipinski definition) is 4. The largest absolute Gasteiger partial charge is 0.456 e. The summed E-state index contributed by atoms with van der Waals surface area (Å²) in [5.41, 5.74) is 8.41. The Kier molecular flexibility index (Phi) is 7.41. The quantitative estimate of drug-likeness (QED) is 0.280. The molecule has 0 fully saturated rings. The predicted molar refractivity (Wildman–Crippen MR) is 201 cm³/mol. The summed E-state index contributed by atoms with van der Waals surface area (Å²) in [6.07, 6.45) is 0. The van der Waals surface area contributed by atoms with Gasteiger partial charge in [0.2, 0.25) is 0 Å². The fraction of sp³-hybridized carbons (Fsp3) is 0. The van der Waals surface area contributed by atoms with E-state index in [1.165, 1.54) is 0 Å². The molecule has 0 amide bonds. The second-order valence-electron chi connectivity index (χ2n) is 11.6. The summed E-state index contributed by atoms with van der Waals surface area (Å²) < 4.78 is 6.31. The van der Waals surface area contributed by atoms with Gasteiger partial charge in [0.25, 0.3) is 0 Å². The zero-order chi connectivity index (χ0) is 32.9. The maximum atomic E-state index is 6.43. The topological polar surface area (TPSA) is 51.8 Å². The Balaban J connectivity index is 1.33. The zero-order valence-electron chi connectivity index (χ0n) is 25.7. The van der Waals surface area contributed by atoms with Gasteiger partial charge in [-0.15, -0.1) is 16.4 Å². The summed E-state index contributed by atoms with van der Waals surface area (Å²) in [7, 11) is 31.3. The van der Waals surface area contributed by atoms with Crippen molar-refractivity contribution in [3.05, 3.63) is 121 Å². The van der Waals surface area contributed by atoms with Crippen molar-refractivity contribution < 1.29 is 4.42 Å². The van der Waals surface area contributed by atoms with Gasteiger partial charge in [0, 0.05) is 27.5 Å². The van der Waals surface area contributed by atoms with Crippen molar-refractivity contribution in [2.75, 3.05) is 0 Å². The van der Waals surface area contributed by atoms with Gasteiger partial charge in [-0.2, -0.15) is 0 Å². The molecule has 10 radical (unpaired) electrons. The Labute approximate surface area is 284 Å². The van der Waals surface area contributed by atoms with E-state index in [0.717, 1.165) is 38.6 Å². The van der Waals surface area contributed by atoms with Crippen molar-refractivity contribution >= 4 is 88.5 Å². The van der Waals surface area contributed by atoms with Gasteiger partial charge in [-0.3, -0.25) is 0 Å². The molecule has 0 aliphatic heterocycles. The minimum absolute atomic E-state index is 0.167. The predicted octanol–water partition coefficient (Wildman–Crippen LogP) is 4.08. The first kappa shape index (κ1) is 29.8. The second kappa shape index (κ2) is 11.9. The standard InChI is InChI=1S/C39H20B5N3O/c40-32-30(33(41)35(43)36(44)34(32)42)25-18-19-28-27(20-25)31-26(12-7-13-29(31)48-28)39-46-37(23-10-5-2-6-11-23)45-38(47-39)24-16-14-22(15-17-24)21-8-3-1-4-9-21/h1-20H. The van der Waals surface area contributed by atoms with E-state index in [1.807, 2.05) is 97.1 Å². The molecule has 8 rings (SSSR count). The van der Waals surface area contributed by atoms with Gasteiger partial charge in [0.15, 0.2) is 17.5 Å². The molecule has 0 N–H and O–H groups in total. The van der Waals surface area contributed by atoms with Crippen LogP contribution in [0.5, 0.6) is 0 Å². The fourth-order valence-electron chi connectivity index (χ4n) is 6.11. The van der Waals surface area contributed by atoms with E-state index in [9.17, 15) is 0 Å². The summed E-state index contributed by atoms with van der Waals surface area (Å²) in [5.74, 6) is 1.61. The van der Waals surface area contributed by atoms with Crippen LogP contribution in [0.2, 0.25) is 0 Å². The lowest BCUT2D eigenvalue weighted by atomic mass is 9.59. The number of furan rings is 1. The molecule has 212 valence electrons. The molecule has 0 saturated carbocycles. The third-order valence-electron chi connectivity index (χ3n) is 8.64. The molecule has 0 aliphatic carbocycles. The van der Waals surface area contributed by atoms with Crippen molar-refractivity contribution in [1.29, 1.82) is 0 Å². The van der Waals surface area contributed by atoms with E-state index in [1.54, 1.807) is 0 Å².